The van der Waals surface area contributed by atoms with E-state index < -0.39 is 0 Å². The zero-order valence-electron chi connectivity index (χ0n) is 20.8. The Bertz CT molecular complexity index is 1030. The smallest absolute Gasteiger partial charge is 0.249 e. The molecule has 188 valence electrons. The molecule has 2 atom stereocenters. The zero-order chi connectivity index (χ0) is 24.8. The molecule has 2 bridgehead atoms. The van der Waals surface area contributed by atoms with Gasteiger partial charge in [0, 0.05) is 62.5 Å². The lowest BCUT2D eigenvalue weighted by molar-refractivity contribution is -0.143. The standard InChI is InChI=1S/C28H36ClN3O3/c1-3-27(33)31-16-15-23-11-8-12-24(32(23)28(34)20-35-2)19-30(17-21-9-4-6-13-25(21)29)18-22-10-5-7-14-26(22)31/h4-7,9-10,13-14,23-24H,3,8,11-12,15-20H2,1-2H3. The first-order valence-corrected chi connectivity index (χ1v) is 13.0. The maximum Gasteiger partial charge on any atom is 0.249 e. The van der Waals surface area contributed by atoms with E-state index in [4.69, 9.17) is 16.3 Å². The summed E-state index contributed by atoms with van der Waals surface area (Å²) in [6, 6.07) is 16.3. The second kappa shape index (κ2) is 12.0. The first-order chi connectivity index (χ1) is 17.0. The molecule has 0 saturated carbocycles. The quantitative estimate of drug-likeness (QED) is 0.590. The third-order valence-corrected chi connectivity index (χ3v) is 7.57. The molecule has 0 aromatic heterocycles. The minimum atomic E-state index is 0.0324. The first kappa shape index (κ1) is 25.7. The van der Waals surface area contributed by atoms with Crippen molar-refractivity contribution in [1.29, 1.82) is 0 Å². The van der Waals surface area contributed by atoms with E-state index in [1.165, 1.54) is 0 Å². The van der Waals surface area contributed by atoms with Crippen molar-refractivity contribution in [3.05, 3.63) is 64.7 Å². The van der Waals surface area contributed by atoms with E-state index in [0.29, 0.717) is 26.1 Å². The van der Waals surface area contributed by atoms with Gasteiger partial charge in [-0.05, 0) is 48.9 Å². The van der Waals surface area contributed by atoms with Crippen molar-refractivity contribution in [2.75, 3.05) is 31.7 Å². The third-order valence-electron chi connectivity index (χ3n) is 7.20. The van der Waals surface area contributed by atoms with Crippen LogP contribution < -0.4 is 4.90 Å². The van der Waals surface area contributed by atoms with Gasteiger partial charge in [0.25, 0.3) is 0 Å². The third kappa shape index (κ3) is 6.05. The minimum absolute atomic E-state index is 0.0324. The van der Waals surface area contributed by atoms with E-state index in [1.807, 2.05) is 42.2 Å². The molecule has 4 rings (SSSR count). The lowest BCUT2D eigenvalue weighted by Crippen LogP contribution is -2.55. The van der Waals surface area contributed by atoms with Crippen molar-refractivity contribution in [2.24, 2.45) is 0 Å². The Hall–Kier alpha value is -2.41. The van der Waals surface area contributed by atoms with Gasteiger partial charge in [0.15, 0.2) is 0 Å². The van der Waals surface area contributed by atoms with Gasteiger partial charge in [-0.3, -0.25) is 14.5 Å². The summed E-state index contributed by atoms with van der Waals surface area (Å²) in [6.07, 6.45) is 4.19. The second-order valence-electron chi connectivity index (χ2n) is 9.55. The lowest BCUT2D eigenvalue weighted by atomic mass is 9.92. The number of hydrogen-bond acceptors (Lipinski definition) is 4. The number of halogens is 1. The van der Waals surface area contributed by atoms with Crippen molar-refractivity contribution in [3.8, 4) is 0 Å². The van der Waals surface area contributed by atoms with Crippen molar-refractivity contribution in [1.82, 2.24) is 9.80 Å². The maximum atomic E-state index is 13.3. The first-order valence-electron chi connectivity index (χ1n) is 12.7. The topological polar surface area (TPSA) is 53.1 Å². The average molecular weight is 498 g/mol. The number of benzene rings is 2. The van der Waals surface area contributed by atoms with E-state index in [0.717, 1.165) is 54.1 Å². The minimum Gasteiger partial charge on any atom is -0.375 e. The number of anilines is 1. The molecule has 2 aromatic carbocycles. The number of para-hydroxylation sites is 1. The fourth-order valence-electron chi connectivity index (χ4n) is 5.58. The highest BCUT2D eigenvalue weighted by Gasteiger charge is 2.36. The second-order valence-corrected chi connectivity index (χ2v) is 9.96. The molecule has 2 heterocycles. The van der Waals surface area contributed by atoms with Crippen LogP contribution >= 0.6 is 11.6 Å². The van der Waals surface area contributed by atoms with Crippen LogP contribution in [0.1, 0.15) is 50.2 Å². The Morgan fingerprint density at radius 3 is 2.51 bits per heavy atom. The number of piperidine rings is 1. The van der Waals surface area contributed by atoms with Gasteiger partial charge >= 0.3 is 0 Å². The zero-order valence-corrected chi connectivity index (χ0v) is 21.5. The van der Waals surface area contributed by atoms with Crippen molar-refractivity contribution >= 4 is 29.1 Å². The molecule has 6 nitrogen and oxygen atoms in total. The predicted molar refractivity (Wildman–Crippen MR) is 139 cm³/mol. The van der Waals surface area contributed by atoms with Crippen LogP contribution in [0.3, 0.4) is 0 Å². The summed E-state index contributed by atoms with van der Waals surface area (Å²) in [4.78, 5) is 32.7. The molecule has 2 aromatic rings. The van der Waals surface area contributed by atoms with Crippen molar-refractivity contribution in [2.45, 2.75) is 64.2 Å². The summed E-state index contributed by atoms with van der Waals surface area (Å²) < 4.78 is 5.25. The van der Waals surface area contributed by atoms with E-state index in [9.17, 15) is 9.59 Å². The summed E-state index contributed by atoms with van der Waals surface area (Å²) >= 11 is 6.55. The van der Waals surface area contributed by atoms with Gasteiger partial charge in [0.2, 0.25) is 11.8 Å². The monoisotopic (exact) mass is 497 g/mol. The molecule has 2 amide bonds. The van der Waals surface area contributed by atoms with Gasteiger partial charge in [-0.2, -0.15) is 0 Å². The maximum absolute atomic E-state index is 13.3. The van der Waals surface area contributed by atoms with Crippen molar-refractivity contribution < 1.29 is 14.3 Å². The van der Waals surface area contributed by atoms with Gasteiger partial charge in [-0.25, -0.2) is 0 Å². The number of carbonyl (C=O) groups excluding carboxylic acids is 2. The van der Waals surface area contributed by atoms with Gasteiger partial charge < -0.3 is 14.5 Å². The van der Waals surface area contributed by atoms with Crippen LogP contribution in [0, 0.1) is 0 Å². The summed E-state index contributed by atoms with van der Waals surface area (Å²) in [5.74, 6) is 0.140. The molecule has 2 unspecified atom stereocenters. The highest BCUT2D eigenvalue weighted by atomic mass is 35.5. The number of rotatable bonds is 5. The van der Waals surface area contributed by atoms with Crippen molar-refractivity contribution in [3.63, 3.8) is 0 Å². The molecule has 1 fully saturated rings. The van der Waals surface area contributed by atoms with Gasteiger partial charge in [0.05, 0.1) is 0 Å². The Labute approximate surface area is 213 Å². The van der Waals surface area contributed by atoms with E-state index in [-0.39, 0.29) is 30.5 Å². The average Bonchev–Trinajstić information content (AvgIpc) is 2.87. The molecule has 1 saturated heterocycles. The highest BCUT2D eigenvalue weighted by Crippen LogP contribution is 2.31. The fraction of sp³-hybridized carbons (Fsp3) is 0.500. The molecular formula is C28H36ClN3O3. The fourth-order valence-corrected chi connectivity index (χ4v) is 5.78. The van der Waals surface area contributed by atoms with Gasteiger partial charge in [-0.15, -0.1) is 0 Å². The Morgan fingerprint density at radius 2 is 1.74 bits per heavy atom. The Balaban J connectivity index is 1.76. The van der Waals surface area contributed by atoms with Crippen LogP contribution in [0.15, 0.2) is 48.5 Å². The SMILES string of the molecule is CCC(=O)N1CCC2CCCC(CN(Cc3ccccc3Cl)Cc3ccccc31)N2C(=O)COC. The predicted octanol–water partition coefficient (Wildman–Crippen LogP) is 4.89. The summed E-state index contributed by atoms with van der Waals surface area (Å²) in [6.45, 7) is 4.67. The molecular weight excluding hydrogens is 462 g/mol. The summed E-state index contributed by atoms with van der Waals surface area (Å²) in [5, 5.41) is 0.742. The van der Waals surface area contributed by atoms with Gasteiger partial charge in [-0.1, -0.05) is 54.9 Å². The highest BCUT2D eigenvalue weighted by molar-refractivity contribution is 6.31. The number of hydrogen-bond donors (Lipinski definition) is 0. The number of fused-ring (bicyclic) bond motifs is 3. The molecule has 7 heteroatoms. The van der Waals surface area contributed by atoms with Crippen LogP contribution in [0.2, 0.25) is 5.02 Å². The van der Waals surface area contributed by atoms with E-state index in [1.54, 1.807) is 7.11 Å². The van der Waals surface area contributed by atoms with E-state index in [2.05, 4.69) is 28.0 Å². The van der Waals surface area contributed by atoms with Crippen LogP contribution in [0.5, 0.6) is 0 Å². The summed E-state index contributed by atoms with van der Waals surface area (Å²) in [7, 11) is 1.57. The summed E-state index contributed by atoms with van der Waals surface area (Å²) in [5.41, 5.74) is 3.15. The lowest BCUT2D eigenvalue weighted by Gasteiger charge is -2.44. The molecule has 0 radical (unpaired) electrons. The van der Waals surface area contributed by atoms with Crippen LogP contribution in [-0.4, -0.2) is 60.5 Å². The van der Waals surface area contributed by atoms with Crippen LogP contribution in [0.25, 0.3) is 0 Å². The number of nitrogens with zero attached hydrogens (tertiary/aromatic N) is 3. The Morgan fingerprint density at radius 1 is 1.00 bits per heavy atom. The van der Waals surface area contributed by atoms with Gasteiger partial charge in [0.1, 0.15) is 6.61 Å². The molecule has 35 heavy (non-hydrogen) atoms. The number of methoxy groups -OCH3 is 1. The largest absolute Gasteiger partial charge is 0.375 e. The van der Waals surface area contributed by atoms with E-state index >= 15 is 0 Å². The number of carbonyl (C=O) groups is 2. The van der Waals surface area contributed by atoms with Crippen LogP contribution in [-0.2, 0) is 27.4 Å². The normalized spacial score (nSPS) is 21.2. The molecule has 2 aliphatic heterocycles. The number of amides is 2. The van der Waals surface area contributed by atoms with Crippen LogP contribution in [0.4, 0.5) is 5.69 Å². The molecule has 2 aliphatic rings. The molecule has 0 spiro atoms. The molecule has 0 aliphatic carbocycles. The molecule has 0 N–H and O–H groups in total. The number of ether oxygens (including phenoxy) is 1. The Kier molecular flexibility index (Phi) is 8.82.